The molecule has 1 unspecified atom stereocenters. The maximum Gasteiger partial charge on any atom is 0.0897 e. The summed E-state index contributed by atoms with van der Waals surface area (Å²) in [5.41, 5.74) is 0. The third-order valence-corrected chi connectivity index (χ3v) is 4.23. The van der Waals surface area contributed by atoms with Gasteiger partial charge >= 0.3 is 0 Å². The zero-order chi connectivity index (χ0) is 14.8. The Balaban J connectivity index is 1.93. The van der Waals surface area contributed by atoms with Crippen molar-refractivity contribution in [3.05, 3.63) is 20.8 Å². The minimum Gasteiger partial charge on any atom is -0.389 e. The molecule has 20 heavy (non-hydrogen) atoms. The van der Waals surface area contributed by atoms with Crippen LogP contribution in [-0.2, 0) is 15.9 Å². The molecule has 0 amide bonds. The standard InChI is InChI=1S/C14H24BrNO3S/c1-11(2)19-8-7-18-10-12(17)9-16-6-5-13-3-4-14(15)20-13/h3-4,11-12,16-17H,5-10H2,1-2H3. The first-order valence-corrected chi connectivity index (χ1v) is 8.51. The second-order valence-electron chi connectivity index (χ2n) is 4.81. The molecule has 0 aliphatic rings. The third-order valence-electron chi connectivity index (χ3n) is 2.55. The fourth-order valence-electron chi connectivity index (χ4n) is 1.59. The number of hydrogen-bond acceptors (Lipinski definition) is 5. The summed E-state index contributed by atoms with van der Waals surface area (Å²) < 4.78 is 11.9. The van der Waals surface area contributed by atoms with Crippen LogP contribution in [0.5, 0.6) is 0 Å². The van der Waals surface area contributed by atoms with Gasteiger partial charge in [0.05, 0.1) is 35.8 Å². The number of halogens is 1. The van der Waals surface area contributed by atoms with E-state index in [1.807, 2.05) is 13.8 Å². The van der Waals surface area contributed by atoms with Gasteiger partial charge in [0.2, 0.25) is 0 Å². The van der Waals surface area contributed by atoms with E-state index in [0.29, 0.717) is 26.4 Å². The summed E-state index contributed by atoms with van der Waals surface area (Å²) in [6, 6.07) is 4.17. The minimum absolute atomic E-state index is 0.225. The summed E-state index contributed by atoms with van der Waals surface area (Å²) in [6.45, 7) is 6.84. The molecule has 0 spiro atoms. The number of hydrogen-bond donors (Lipinski definition) is 2. The van der Waals surface area contributed by atoms with E-state index in [2.05, 4.69) is 33.4 Å². The average Bonchev–Trinajstić information content (AvgIpc) is 2.80. The van der Waals surface area contributed by atoms with Crippen LogP contribution in [0.2, 0.25) is 0 Å². The van der Waals surface area contributed by atoms with E-state index in [4.69, 9.17) is 9.47 Å². The summed E-state index contributed by atoms with van der Waals surface area (Å²) in [5.74, 6) is 0. The molecule has 2 N–H and O–H groups in total. The minimum atomic E-state index is -0.468. The number of ether oxygens (including phenoxy) is 2. The Hall–Kier alpha value is 0.0200. The van der Waals surface area contributed by atoms with Gasteiger partial charge < -0.3 is 19.9 Å². The molecule has 0 aliphatic carbocycles. The molecule has 1 heterocycles. The van der Waals surface area contributed by atoms with E-state index in [0.717, 1.165) is 16.8 Å². The van der Waals surface area contributed by atoms with Crippen LogP contribution in [0.3, 0.4) is 0 Å². The molecule has 0 aliphatic heterocycles. The first-order chi connectivity index (χ1) is 9.58. The van der Waals surface area contributed by atoms with Crippen LogP contribution >= 0.6 is 27.3 Å². The normalized spacial score (nSPS) is 13.1. The lowest BCUT2D eigenvalue weighted by Gasteiger charge is -2.13. The average molecular weight is 366 g/mol. The highest BCUT2D eigenvalue weighted by atomic mass is 79.9. The van der Waals surface area contributed by atoms with Crippen LogP contribution in [0.1, 0.15) is 18.7 Å². The SMILES string of the molecule is CC(C)OCCOCC(O)CNCCc1ccc(Br)s1. The second kappa shape index (κ2) is 10.7. The van der Waals surface area contributed by atoms with Crippen molar-refractivity contribution in [2.24, 2.45) is 0 Å². The van der Waals surface area contributed by atoms with Gasteiger partial charge in [0.15, 0.2) is 0 Å². The lowest BCUT2D eigenvalue weighted by Crippen LogP contribution is -2.32. The highest BCUT2D eigenvalue weighted by molar-refractivity contribution is 9.11. The van der Waals surface area contributed by atoms with Crippen molar-refractivity contribution >= 4 is 27.3 Å². The molecule has 0 fully saturated rings. The van der Waals surface area contributed by atoms with E-state index < -0.39 is 6.10 Å². The molecule has 116 valence electrons. The first-order valence-electron chi connectivity index (χ1n) is 6.90. The number of nitrogens with one attached hydrogen (secondary N) is 1. The van der Waals surface area contributed by atoms with E-state index in [1.165, 1.54) is 4.88 Å². The predicted octanol–water partition coefficient (Wildman–Crippen LogP) is 2.45. The molecule has 0 aromatic carbocycles. The van der Waals surface area contributed by atoms with Crippen LogP contribution in [-0.4, -0.2) is 50.2 Å². The van der Waals surface area contributed by atoms with E-state index in [1.54, 1.807) is 11.3 Å². The first kappa shape index (κ1) is 18.1. The zero-order valence-electron chi connectivity index (χ0n) is 12.1. The maximum absolute atomic E-state index is 9.73. The monoisotopic (exact) mass is 365 g/mol. The number of thiophene rings is 1. The molecular weight excluding hydrogens is 342 g/mol. The highest BCUT2D eigenvalue weighted by Gasteiger charge is 2.04. The molecule has 0 radical (unpaired) electrons. The molecule has 0 saturated carbocycles. The van der Waals surface area contributed by atoms with Gasteiger partial charge in [-0.15, -0.1) is 11.3 Å². The third kappa shape index (κ3) is 9.05. The fourth-order valence-corrected chi connectivity index (χ4v) is 3.07. The van der Waals surface area contributed by atoms with Crippen LogP contribution in [0, 0.1) is 0 Å². The molecule has 0 bridgehead atoms. The molecule has 4 nitrogen and oxygen atoms in total. The number of aliphatic hydroxyl groups is 1. The van der Waals surface area contributed by atoms with Crippen molar-refractivity contribution in [1.82, 2.24) is 5.32 Å². The lowest BCUT2D eigenvalue weighted by atomic mass is 10.3. The number of aliphatic hydroxyl groups excluding tert-OH is 1. The molecule has 1 rings (SSSR count). The lowest BCUT2D eigenvalue weighted by molar-refractivity contribution is -0.00989. The van der Waals surface area contributed by atoms with Crippen molar-refractivity contribution in [2.75, 3.05) is 32.9 Å². The topological polar surface area (TPSA) is 50.7 Å². The Morgan fingerprint density at radius 1 is 1.35 bits per heavy atom. The zero-order valence-corrected chi connectivity index (χ0v) is 14.5. The van der Waals surface area contributed by atoms with E-state index in [-0.39, 0.29) is 6.10 Å². The Morgan fingerprint density at radius 2 is 2.15 bits per heavy atom. The van der Waals surface area contributed by atoms with Gasteiger partial charge in [0, 0.05) is 18.0 Å². The van der Waals surface area contributed by atoms with Crippen molar-refractivity contribution in [1.29, 1.82) is 0 Å². The Bertz CT molecular complexity index is 360. The van der Waals surface area contributed by atoms with Crippen molar-refractivity contribution in [3.8, 4) is 0 Å². The van der Waals surface area contributed by atoms with Crippen LogP contribution in [0.4, 0.5) is 0 Å². The van der Waals surface area contributed by atoms with Gasteiger partial charge in [-0.3, -0.25) is 0 Å². The molecule has 0 saturated heterocycles. The molecular formula is C14H24BrNO3S. The van der Waals surface area contributed by atoms with Crippen LogP contribution in [0.15, 0.2) is 15.9 Å². The Kier molecular flexibility index (Phi) is 9.67. The van der Waals surface area contributed by atoms with Crippen molar-refractivity contribution < 1.29 is 14.6 Å². The van der Waals surface area contributed by atoms with Gasteiger partial charge in [-0.25, -0.2) is 0 Å². The molecule has 6 heteroatoms. The Labute approximate surface area is 133 Å². The van der Waals surface area contributed by atoms with Gasteiger partial charge in [-0.1, -0.05) is 0 Å². The van der Waals surface area contributed by atoms with Gasteiger partial charge in [0.1, 0.15) is 0 Å². The van der Waals surface area contributed by atoms with Crippen molar-refractivity contribution in [2.45, 2.75) is 32.5 Å². The second-order valence-corrected chi connectivity index (χ2v) is 7.36. The van der Waals surface area contributed by atoms with E-state index in [9.17, 15) is 5.11 Å². The van der Waals surface area contributed by atoms with Crippen LogP contribution in [0.25, 0.3) is 0 Å². The molecule has 1 aromatic rings. The summed E-state index contributed by atoms with van der Waals surface area (Å²) in [7, 11) is 0. The fraction of sp³-hybridized carbons (Fsp3) is 0.714. The molecule has 1 aromatic heterocycles. The quantitative estimate of drug-likeness (QED) is 0.591. The summed E-state index contributed by atoms with van der Waals surface area (Å²) >= 11 is 5.19. The molecule has 1 atom stereocenters. The maximum atomic E-state index is 9.73. The van der Waals surface area contributed by atoms with Crippen LogP contribution < -0.4 is 5.32 Å². The van der Waals surface area contributed by atoms with Gasteiger partial charge in [0.25, 0.3) is 0 Å². The number of rotatable bonds is 11. The van der Waals surface area contributed by atoms with E-state index >= 15 is 0 Å². The largest absolute Gasteiger partial charge is 0.389 e. The summed E-state index contributed by atoms with van der Waals surface area (Å²) in [5, 5.41) is 13.0. The van der Waals surface area contributed by atoms with Crippen molar-refractivity contribution in [3.63, 3.8) is 0 Å². The smallest absolute Gasteiger partial charge is 0.0897 e. The van der Waals surface area contributed by atoms with Gasteiger partial charge in [-0.2, -0.15) is 0 Å². The van der Waals surface area contributed by atoms with Gasteiger partial charge in [-0.05, 0) is 48.3 Å². The highest BCUT2D eigenvalue weighted by Crippen LogP contribution is 2.21. The Morgan fingerprint density at radius 3 is 2.80 bits per heavy atom. The summed E-state index contributed by atoms with van der Waals surface area (Å²) in [6.07, 6.45) is 0.734. The predicted molar refractivity (Wildman–Crippen MR) is 86.5 cm³/mol. The summed E-state index contributed by atoms with van der Waals surface area (Å²) in [4.78, 5) is 1.33.